The van der Waals surface area contributed by atoms with Crippen LogP contribution in [0.3, 0.4) is 0 Å². The zero-order valence-electron chi connectivity index (χ0n) is 15.8. The molecule has 0 bridgehead atoms. The van der Waals surface area contributed by atoms with E-state index in [0.717, 1.165) is 5.56 Å². The molecular weight excluding hydrogens is 356 g/mol. The predicted molar refractivity (Wildman–Crippen MR) is 110 cm³/mol. The molecule has 0 aromatic heterocycles. The quantitative estimate of drug-likeness (QED) is 0.313. The van der Waals surface area contributed by atoms with Crippen molar-refractivity contribution in [3.63, 3.8) is 0 Å². The Hall–Kier alpha value is -3.41. The van der Waals surface area contributed by atoms with Crippen molar-refractivity contribution in [3.8, 4) is 5.75 Å². The van der Waals surface area contributed by atoms with Crippen molar-refractivity contribution in [2.75, 3.05) is 10.6 Å². The van der Waals surface area contributed by atoms with Gasteiger partial charge in [0.15, 0.2) is 5.78 Å². The van der Waals surface area contributed by atoms with E-state index in [1.165, 1.54) is 6.07 Å². The number of hydrogen-bond donors (Lipinski definition) is 3. The third-order valence-corrected chi connectivity index (χ3v) is 4.76. The Kier molecular flexibility index (Phi) is 5.59. The Labute approximate surface area is 162 Å². The van der Waals surface area contributed by atoms with Crippen molar-refractivity contribution in [1.29, 1.82) is 0 Å². The first kappa shape index (κ1) is 19.4. The van der Waals surface area contributed by atoms with Crippen LogP contribution in [0.25, 0.3) is 0 Å². The zero-order chi connectivity index (χ0) is 20.3. The van der Waals surface area contributed by atoms with E-state index in [9.17, 15) is 19.5 Å². The summed E-state index contributed by atoms with van der Waals surface area (Å²) >= 11 is 0. The van der Waals surface area contributed by atoms with E-state index in [2.05, 4.69) is 10.6 Å². The molecule has 0 aliphatic heterocycles. The molecule has 6 heteroatoms. The SMILES string of the molecule is CCC(=O)c1cccc(Nc2c(N[C@H](CC)c3ccccc3)c(=O)c2=O)c1O. The third kappa shape index (κ3) is 3.53. The molecule has 0 saturated heterocycles. The molecule has 0 heterocycles. The molecule has 6 nitrogen and oxygen atoms in total. The van der Waals surface area contributed by atoms with Crippen molar-refractivity contribution in [2.24, 2.45) is 0 Å². The van der Waals surface area contributed by atoms with Gasteiger partial charge in [-0.05, 0) is 24.1 Å². The van der Waals surface area contributed by atoms with Gasteiger partial charge >= 0.3 is 0 Å². The van der Waals surface area contributed by atoms with Crippen molar-refractivity contribution in [3.05, 3.63) is 80.1 Å². The average molecular weight is 378 g/mol. The van der Waals surface area contributed by atoms with Gasteiger partial charge in [-0.2, -0.15) is 0 Å². The number of anilines is 3. The molecule has 0 amide bonds. The molecule has 0 aliphatic carbocycles. The molecule has 3 rings (SSSR count). The lowest BCUT2D eigenvalue weighted by molar-refractivity contribution is 0.0985. The standard InChI is InChI=1S/C22H22N2O4/c1-3-15(13-9-6-5-7-10-13)23-18-19(22(28)21(18)27)24-16-12-8-11-14(20(16)26)17(25)4-2/h5-12,15,23-24,26H,3-4H2,1-2H3/t15-/m1/s1. The minimum absolute atomic E-state index is 0.0933. The smallest absolute Gasteiger partial charge is 0.253 e. The summed E-state index contributed by atoms with van der Waals surface area (Å²) in [5.41, 5.74) is 0.415. The largest absolute Gasteiger partial charge is 0.505 e. The fourth-order valence-corrected chi connectivity index (χ4v) is 3.12. The number of Topliss-reactive ketones (excluding diaryl/α,β-unsaturated/α-hetero) is 1. The molecule has 0 unspecified atom stereocenters. The predicted octanol–water partition coefficient (Wildman–Crippen LogP) is 3.89. The summed E-state index contributed by atoms with van der Waals surface area (Å²) in [5, 5.41) is 16.3. The Balaban J connectivity index is 1.90. The van der Waals surface area contributed by atoms with Crippen LogP contribution in [0.2, 0.25) is 0 Å². The van der Waals surface area contributed by atoms with Crippen molar-refractivity contribution < 1.29 is 9.90 Å². The second kappa shape index (κ2) is 8.08. The molecule has 0 radical (unpaired) electrons. The topological polar surface area (TPSA) is 95.5 Å². The lowest BCUT2D eigenvalue weighted by atomic mass is 10.0. The first-order valence-corrected chi connectivity index (χ1v) is 9.24. The third-order valence-electron chi connectivity index (χ3n) is 4.76. The van der Waals surface area contributed by atoms with Crippen LogP contribution in [0.15, 0.2) is 58.1 Å². The maximum absolute atomic E-state index is 12.1. The maximum Gasteiger partial charge on any atom is 0.253 e. The van der Waals surface area contributed by atoms with Crippen LogP contribution >= 0.6 is 0 Å². The number of para-hydroxylation sites is 1. The Morgan fingerprint density at radius 3 is 2.29 bits per heavy atom. The van der Waals surface area contributed by atoms with Crippen molar-refractivity contribution in [1.82, 2.24) is 0 Å². The van der Waals surface area contributed by atoms with Gasteiger partial charge in [0.2, 0.25) is 0 Å². The van der Waals surface area contributed by atoms with E-state index >= 15 is 0 Å². The van der Waals surface area contributed by atoms with Gasteiger partial charge in [-0.1, -0.05) is 50.2 Å². The lowest BCUT2D eigenvalue weighted by Crippen LogP contribution is -2.37. The van der Waals surface area contributed by atoms with Gasteiger partial charge < -0.3 is 15.7 Å². The molecule has 0 saturated carbocycles. The van der Waals surface area contributed by atoms with Crippen LogP contribution in [0.5, 0.6) is 5.75 Å². The molecule has 1 atom stereocenters. The highest BCUT2D eigenvalue weighted by molar-refractivity contribution is 6.00. The van der Waals surface area contributed by atoms with E-state index in [1.807, 2.05) is 37.3 Å². The Morgan fingerprint density at radius 1 is 0.964 bits per heavy atom. The molecule has 3 aromatic carbocycles. The normalized spacial score (nSPS) is 11.9. The molecule has 0 aliphatic rings. The Morgan fingerprint density at radius 2 is 1.64 bits per heavy atom. The van der Waals surface area contributed by atoms with Gasteiger partial charge in [-0.15, -0.1) is 0 Å². The van der Waals surface area contributed by atoms with Crippen LogP contribution in [-0.2, 0) is 0 Å². The summed E-state index contributed by atoms with van der Waals surface area (Å²) in [5.74, 6) is -0.442. The highest BCUT2D eigenvalue weighted by Gasteiger charge is 2.25. The summed E-state index contributed by atoms with van der Waals surface area (Å²) in [6, 6.07) is 14.2. The van der Waals surface area contributed by atoms with Crippen LogP contribution in [0.4, 0.5) is 17.1 Å². The maximum atomic E-state index is 12.1. The number of hydrogen-bond acceptors (Lipinski definition) is 6. The fraction of sp³-hybridized carbons (Fsp3) is 0.227. The number of carbonyl (C=O) groups excluding carboxylic acids is 1. The summed E-state index contributed by atoms with van der Waals surface area (Å²) < 4.78 is 0. The number of benzene rings is 2. The number of ketones is 1. The Bertz CT molecular complexity index is 1070. The van der Waals surface area contributed by atoms with E-state index in [4.69, 9.17) is 0 Å². The molecular formula is C22H22N2O4. The minimum atomic E-state index is -0.656. The molecule has 144 valence electrons. The van der Waals surface area contributed by atoms with Gasteiger partial charge in [-0.25, -0.2) is 0 Å². The summed E-state index contributed by atoms with van der Waals surface area (Å²) in [6.07, 6.45) is 0.965. The van der Waals surface area contributed by atoms with E-state index in [1.54, 1.807) is 19.1 Å². The second-order valence-corrected chi connectivity index (χ2v) is 6.53. The number of rotatable bonds is 8. The molecule has 0 spiro atoms. The summed E-state index contributed by atoms with van der Waals surface area (Å²) in [7, 11) is 0. The van der Waals surface area contributed by atoms with Gasteiger partial charge in [0, 0.05) is 6.42 Å². The van der Waals surface area contributed by atoms with E-state index in [0.29, 0.717) is 6.42 Å². The number of carbonyl (C=O) groups is 1. The molecule has 0 fully saturated rings. The van der Waals surface area contributed by atoms with Crippen LogP contribution in [-0.4, -0.2) is 10.9 Å². The molecule has 28 heavy (non-hydrogen) atoms. The summed E-state index contributed by atoms with van der Waals surface area (Å²) in [6.45, 7) is 3.68. The van der Waals surface area contributed by atoms with Gasteiger partial charge in [-0.3, -0.25) is 14.4 Å². The monoisotopic (exact) mass is 378 g/mol. The lowest BCUT2D eigenvalue weighted by Gasteiger charge is -2.22. The molecule has 3 N–H and O–H groups in total. The van der Waals surface area contributed by atoms with Crippen molar-refractivity contribution >= 4 is 22.8 Å². The first-order valence-electron chi connectivity index (χ1n) is 9.24. The van der Waals surface area contributed by atoms with Gasteiger partial charge in [0.1, 0.15) is 17.1 Å². The summed E-state index contributed by atoms with van der Waals surface area (Å²) in [4.78, 5) is 36.2. The highest BCUT2D eigenvalue weighted by atomic mass is 16.3. The van der Waals surface area contributed by atoms with Gasteiger partial charge in [0.25, 0.3) is 10.9 Å². The highest BCUT2D eigenvalue weighted by Crippen LogP contribution is 2.33. The van der Waals surface area contributed by atoms with Gasteiger partial charge in [0.05, 0.1) is 17.3 Å². The fourth-order valence-electron chi connectivity index (χ4n) is 3.12. The van der Waals surface area contributed by atoms with Crippen molar-refractivity contribution in [2.45, 2.75) is 32.7 Å². The zero-order valence-corrected chi connectivity index (χ0v) is 15.8. The number of nitrogens with one attached hydrogen (secondary N) is 2. The number of phenols is 1. The van der Waals surface area contributed by atoms with Crippen LogP contribution in [0, 0.1) is 0 Å². The van der Waals surface area contributed by atoms with Crippen LogP contribution in [0.1, 0.15) is 48.7 Å². The minimum Gasteiger partial charge on any atom is -0.505 e. The average Bonchev–Trinajstić information content (AvgIpc) is 2.74. The molecule has 3 aromatic rings. The van der Waals surface area contributed by atoms with E-state index < -0.39 is 10.9 Å². The second-order valence-electron chi connectivity index (χ2n) is 6.53. The number of aromatic hydroxyl groups is 1. The first-order chi connectivity index (χ1) is 13.5. The van der Waals surface area contributed by atoms with E-state index in [-0.39, 0.29) is 46.6 Å². The van der Waals surface area contributed by atoms with Crippen LogP contribution < -0.4 is 21.5 Å². The number of phenolic OH excluding ortho intramolecular Hbond substituents is 1.